The monoisotopic (exact) mass is 296 g/mol. The Hall–Kier alpha value is -3.08. The van der Waals surface area contributed by atoms with E-state index in [9.17, 15) is 9.59 Å². The van der Waals surface area contributed by atoms with Crippen LogP contribution >= 0.6 is 0 Å². The van der Waals surface area contributed by atoms with E-state index in [0.29, 0.717) is 5.69 Å². The van der Waals surface area contributed by atoms with Gasteiger partial charge in [0, 0.05) is 17.5 Å². The van der Waals surface area contributed by atoms with Crippen LogP contribution in [0.3, 0.4) is 0 Å². The van der Waals surface area contributed by atoms with E-state index in [-0.39, 0.29) is 6.03 Å². The third kappa shape index (κ3) is 4.79. The molecule has 5 heteroatoms. The van der Waals surface area contributed by atoms with Crippen molar-refractivity contribution in [2.75, 3.05) is 17.7 Å². The van der Waals surface area contributed by atoms with Crippen LogP contribution in [0, 0.1) is 0 Å². The van der Waals surface area contributed by atoms with Crippen molar-refractivity contribution in [3.05, 3.63) is 66.2 Å². The minimum atomic E-state index is -0.413. The van der Waals surface area contributed by atoms with Crippen molar-refractivity contribution in [3.63, 3.8) is 0 Å². The van der Waals surface area contributed by atoms with E-state index in [2.05, 4.69) is 15.4 Å². The number of carbonyl (C=O) groups is 2. The first kappa shape index (κ1) is 15.3. The molecule has 2 rings (SSSR count). The number of para-hydroxylation sites is 1. The molecular weight excluding hydrogens is 280 g/mol. The highest BCUT2D eigenvalue weighted by Gasteiger charge is 2.02. The van der Waals surface area contributed by atoms with E-state index in [1.807, 2.05) is 18.2 Å². The van der Waals surface area contributed by atoms with Gasteiger partial charge in [0.15, 0.2) is 0 Å². The van der Waals surface area contributed by atoms with Gasteiger partial charge in [0.2, 0.25) is 0 Å². The van der Waals surface area contributed by atoms with Gasteiger partial charge in [-0.15, -0.1) is 0 Å². The molecule has 0 saturated carbocycles. The molecular formula is C17H16N2O3. The van der Waals surface area contributed by atoms with Crippen LogP contribution in [0.5, 0.6) is 0 Å². The van der Waals surface area contributed by atoms with Crippen LogP contribution < -0.4 is 10.6 Å². The Balaban J connectivity index is 1.92. The lowest BCUT2D eigenvalue weighted by Gasteiger charge is -2.07. The van der Waals surface area contributed by atoms with Crippen molar-refractivity contribution in [1.29, 1.82) is 0 Å². The van der Waals surface area contributed by atoms with Crippen LogP contribution in [0.15, 0.2) is 60.7 Å². The average Bonchev–Trinajstić information content (AvgIpc) is 2.54. The maximum absolute atomic E-state index is 11.8. The summed E-state index contributed by atoms with van der Waals surface area (Å²) in [6, 6.07) is 15.9. The summed E-state index contributed by atoms with van der Waals surface area (Å²) < 4.78 is 4.51. The molecule has 5 nitrogen and oxygen atoms in total. The third-order valence-electron chi connectivity index (χ3n) is 2.81. The molecule has 0 aliphatic heterocycles. The maximum Gasteiger partial charge on any atom is 0.330 e. The molecule has 0 aromatic heterocycles. The highest BCUT2D eigenvalue weighted by Crippen LogP contribution is 2.12. The van der Waals surface area contributed by atoms with E-state index in [4.69, 9.17) is 0 Å². The Morgan fingerprint density at radius 1 is 0.909 bits per heavy atom. The largest absolute Gasteiger partial charge is 0.466 e. The fraction of sp³-hybridized carbons (Fsp3) is 0.0588. The van der Waals surface area contributed by atoms with Crippen LogP contribution in [0.1, 0.15) is 5.56 Å². The summed E-state index contributed by atoms with van der Waals surface area (Å²) in [5.74, 6) is -0.413. The summed E-state index contributed by atoms with van der Waals surface area (Å²) in [4.78, 5) is 22.8. The van der Waals surface area contributed by atoms with Gasteiger partial charge in [-0.1, -0.05) is 30.3 Å². The summed E-state index contributed by atoms with van der Waals surface area (Å²) in [6.45, 7) is 0. The topological polar surface area (TPSA) is 67.4 Å². The zero-order valence-electron chi connectivity index (χ0n) is 12.1. The van der Waals surface area contributed by atoms with Crippen molar-refractivity contribution in [2.24, 2.45) is 0 Å². The first-order valence-corrected chi connectivity index (χ1v) is 6.66. The van der Waals surface area contributed by atoms with Crippen LogP contribution in [0.25, 0.3) is 6.08 Å². The van der Waals surface area contributed by atoms with Crippen LogP contribution in [0.4, 0.5) is 16.2 Å². The zero-order chi connectivity index (χ0) is 15.8. The lowest BCUT2D eigenvalue weighted by atomic mass is 10.2. The highest BCUT2D eigenvalue weighted by atomic mass is 16.5. The number of methoxy groups -OCH3 is 1. The number of hydrogen-bond acceptors (Lipinski definition) is 3. The third-order valence-corrected chi connectivity index (χ3v) is 2.81. The second-order valence-electron chi connectivity index (χ2n) is 4.42. The van der Waals surface area contributed by atoms with Crippen LogP contribution in [0.2, 0.25) is 0 Å². The van der Waals surface area contributed by atoms with E-state index in [1.165, 1.54) is 13.2 Å². The molecule has 0 spiro atoms. The molecule has 0 fully saturated rings. The summed E-state index contributed by atoms with van der Waals surface area (Å²) in [7, 11) is 1.32. The summed E-state index contributed by atoms with van der Waals surface area (Å²) in [5.41, 5.74) is 2.21. The number of hydrogen-bond donors (Lipinski definition) is 2. The van der Waals surface area contributed by atoms with Gasteiger partial charge in [0.1, 0.15) is 0 Å². The Bertz CT molecular complexity index is 664. The van der Waals surface area contributed by atoms with Crippen molar-refractivity contribution in [1.82, 2.24) is 0 Å². The zero-order valence-corrected chi connectivity index (χ0v) is 12.1. The van der Waals surface area contributed by atoms with Gasteiger partial charge in [0.25, 0.3) is 0 Å². The van der Waals surface area contributed by atoms with Gasteiger partial charge in [0.05, 0.1) is 7.11 Å². The molecule has 0 bridgehead atoms. The number of ether oxygens (including phenoxy) is 1. The first-order valence-electron chi connectivity index (χ1n) is 6.66. The van der Waals surface area contributed by atoms with Gasteiger partial charge in [-0.05, 0) is 35.9 Å². The molecule has 22 heavy (non-hydrogen) atoms. The fourth-order valence-electron chi connectivity index (χ4n) is 1.72. The summed E-state index contributed by atoms with van der Waals surface area (Å²) in [6.07, 6.45) is 2.98. The molecule has 0 radical (unpaired) electrons. The lowest BCUT2D eigenvalue weighted by Crippen LogP contribution is -2.19. The SMILES string of the molecule is COC(=O)/C=C/c1ccc(NC(=O)Nc2ccccc2)cc1. The molecule has 112 valence electrons. The molecule has 0 saturated heterocycles. The molecule has 2 N–H and O–H groups in total. The second kappa shape index (κ2) is 7.64. The summed E-state index contributed by atoms with van der Waals surface area (Å²) >= 11 is 0. The minimum absolute atomic E-state index is 0.316. The van der Waals surface area contributed by atoms with E-state index in [0.717, 1.165) is 11.3 Å². The van der Waals surface area contributed by atoms with Gasteiger partial charge in [-0.25, -0.2) is 9.59 Å². The van der Waals surface area contributed by atoms with Gasteiger partial charge in [-0.2, -0.15) is 0 Å². The van der Waals surface area contributed by atoms with E-state index < -0.39 is 5.97 Å². The Morgan fingerprint density at radius 3 is 2.09 bits per heavy atom. The van der Waals surface area contributed by atoms with Gasteiger partial charge in [-0.3, -0.25) is 0 Å². The highest BCUT2D eigenvalue weighted by molar-refractivity contribution is 5.99. The number of esters is 1. The molecule has 0 heterocycles. The number of anilines is 2. The number of amides is 2. The number of urea groups is 1. The van der Waals surface area contributed by atoms with Crippen LogP contribution in [-0.4, -0.2) is 19.1 Å². The molecule has 2 aromatic rings. The molecule has 0 aliphatic rings. The Kier molecular flexibility index (Phi) is 5.31. The van der Waals surface area contributed by atoms with E-state index >= 15 is 0 Å². The number of carbonyl (C=O) groups excluding carboxylic acids is 2. The average molecular weight is 296 g/mol. The Labute approximate surface area is 128 Å². The second-order valence-corrected chi connectivity index (χ2v) is 4.42. The van der Waals surface area contributed by atoms with Crippen molar-refractivity contribution in [3.8, 4) is 0 Å². The quantitative estimate of drug-likeness (QED) is 0.670. The van der Waals surface area contributed by atoms with Crippen molar-refractivity contribution in [2.45, 2.75) is 0 Å². The molecule has 0 atom stereocenters. The molecule has 0 aliphatic carbocycles. The minimum Gasteiger partial charge on any atom is -0.466 e. The standard InChI is InChI=1S/C17H16N2O3/c1-22-16(20)12-9-13-7-10-15(11-8-13)19-17(21)18-14-5-3-2-4-6-14/h2-12H,1H3,(H2,18,19,21)/b12-9+. The van der Waals surface area contributed by atoms with Crippen LogP contribution in [-0.2, 0) is 9.53 Å². The smallest absolute Gasteiger partial charge is 0.330 e. The predicted octanol–water partition coefficient (Wildman–Crippen LogP) is 3.52. The van der Waals surface area contributed by atoms with Crippen molar-refractivity contribution >= 4 is 29.5 Å². The molecule has 0 unspecified atom stereocenters. The van der Waals surface area contributed by atoms with Gasteiger partial charge < -0.3 is 15.4 Å². The normalized spacial score (nSPS) is 10.2. The predicted molar refractivity (Wildman–Crippen MR) is 86.6 cm³/mol. The molecule has 2 amide bonds. The fourth-order valence-corrected chi connectivity index (χ4v) is 1.72. The molecule has 2 aromatic carbocycles. The lowest BCUT2D eigenvalue weighted by molar-refractivity contribution is -0.134. The number of rotatable bonds is 4. The maximum atomic E-state index is 11.8. The van der Waals surface area contributed by atoms with E-state index in [1.54, 1.807) is 42.5 Å². The van der Waals surface area contributed by atoms with Crippen molar-refractivity contribution < 1.29 is 14.3 Å². The summed E-state index contributed by atoms with van der Waals surface area (Å²) in [5, 5.41) is 5.46. The first-order chi connectivity index (χ1) is 10.7. The number of benzene rings is 2. The van der Waals surface area contributed by atoms with Gasteiger partial charge >= 0.3 is 12.0 Å². The Morgan fingerprint density at radius 2 is 1.50 bits per heavy atom. The number of nitrogens with one attached hydrogen (secondary N) is 2.